The van der Waals surface area contributed by atoms with Crippen LogP contribution in [0.25, 0.3) is 0 Å². The number of aromatic amines is 1. The van der Waals surface area contributed by atoms with Gasteiger partial charge in [-0.15, -0.1) is 0 Å². The minimum absolute atomic E-state index is 0.00745. The van der Waals surface area contributed by atoms with Gasteiger partial charge in [-0.05, 0) is 18.2 Å². The van der Waals surface area contributed by atoms with Crippen LogP contribution in [0, 0.1) is 0 Å². The van der Waals surface area contributed by atoms with Crippen molar-refractivity contribution in [2.24, 2.45) is 0 Å². The average Bonchev–Trinajstić information content (AvgIpc) is 2.75. The van der Waals surface area contributed by atoms with E-state index in [4.69, 9.17) is 28.9 Å². The van der Waals surface area contributed by atoms with Crippen molar-refractivity contribution in [1.29, 1.82) is 0 Å². The first kappa shape index (κ1) is 14.1. The minimum atomic E-state index is -3.77. The van der Waals surface area contributed by atoms with Gasteiger partial charge in [0.05, 0.1) is 11.2 Å². The summed E-state index contributed by atoms with van der Waals surface area (Å²) in [6.45, 7) is 0.00745. The van der Waals surface area contributed by atoms with Gasteiger partial charge < -0.3 is 5.73 Å². The number of halogens is 2. The number of hydrogen-bond donors (Lipinski definition) is 3. The van der Waals surface area contributed by atoms with Crippen molar-refractivity contribution in [2.75, 3.05) is 5.73 Å². The summed E-state index contributed by atoms with van der Waals surface area (Å²) in [6.07, 6.45) is 1.44. The van der Waals surface area contributed by atoms with Crippen molar-refractivity contribution in [3.8, 4) is 0 Å². The third kappa shape index (κ3) is 3.19. The molecule has 1 aromatic carbocycles. The number of nitrogens with one attached hydrogen (secondary N) is 2. The van der Waals surface area contributed by atoms with E-state index in [0.717, 1.165) is 0 Å². The summed E-state index contributed by atoms with van der Waals surface area (Å²) in [5.74, 6) is 0.305. The van der Waals surface area contributed by atoms with Crippen molar-refractivity contribution in [1.82, 2.24) is 14.9 Å². The molecule has 0 aliphatic heterocycles. The van der Waals surface area contributed by atoms with E-state index in [-0.39, 0.29) is 21.5 Å². The molecule has 0 aliphatic carbocycles. The summed E-state index contributed by atoms with van der Waals surface area (Å²) in [5, 5.41) is 6.59. The predicted octanol–water partition coefficient (Wildman–Crippen LogP) is 1.78. The molecule has 0 saturated carbocycles. The predicted molar refractivity (Wildman–Crippen MR) is 73.5 cm³/mol. The maximum absolute atomic E-state index is 12.1. The summed E-state index contributed by atoms with van der Waals surface area (Å²) in [7, 11) is -3.77. The Hall–Kier alpha value is -1.28. The SMILES string of the molecule is Nc1[nH]ncc1CNS(=O)(=O)c1cc(Cl)ccc1Cl. The first-order valence-corrected chi connectivity index (χ1v) is 7.36. The van der Waals surface area contributed by atoms with Crippen LogP contribution < -0.4 is 10.5 Å². The van der Waals surface area contributed by atoms with Gasteiger partial charge in [0, 0.05) is 17.1 Å². The van der Waals surface area contributed by atoms with Crippen LogP contribution in [-0.4, -0.2) is 18.6 Å². The van der Waals surface area contributed by atoms with Crippen LogP contribution in [0.4, 0.5) is 5.82 Å². The van der Waals surface area contributed by atoms with Crippen LogP contribution in [0.3, 0.4) is 0 Å². The minimum Gasteiger partial charge on any atom is -0.384 e. The molecule has 0 radical (unpaired) electrons. The molecule has 0 spiro atoms. The molecule has 19 heavy (non-hydrogen) atoms. The number of hydrogen-bond acceptors (Lipinski definition) is 4. The van der Waals surface area contributed by atoms with E-state index in [2.05, 4.69) is 14.9 Å². The Labute approximate surface area is 120 Å². The van der Waals surface area contributed by atoms with Gasteiger partial charge in [0.1, 0.15) is 10.7 Å². The molecule has 0 fully saturated rings. The van der Waals surface area contributed by atoms with Crippen molar-refractivity contribution < 1.29 is 8.42 Å². The number of nitrogen functional groups attached to an aromatic ring is 1. The highest BCUT2D eigenvalue weighted by molar-refractivity contribution is 7.89. The van der Waals surface area contributed by atoms with Gasteiger partial charge in [0.15, 0.2) is 0 Å². The molecule has 0 bridgehead atoms. The highest BCUT2D eigenvalue weighted by atomic mass is 35.5. The van der Waals surface area contributed by atoms with Gasteiger partial charge in [0.2, 0.25) is 10.0 Å². The van der Waals surface area contributed by atoms with E-state index in [1.165, 1.54) is 24.4 Å². The number of H-pyrrole nitrogens is 1. The second-order valence-electron chi connectivity index (χ2n) is 3.71. The molecule has 6 nitrogen and oxygen atoms in total. The van der Waals surface area contributed by atoms with Crippen LogP contribution in [0.2, 0.25) is 10.0 Å². The second kappa shape index (κ2) is 5.38. The van der Waals surface area contributed by atoms with Crippen LogP contribution in [0.5, 0.6) is 0 Å². The topological polar surface area (TPSA) is 101 Å². The number of nitrogens with zero attached hydrogens (tertiary/aromatic N) is 1. The number of aromatic nitrogens is 2. The van der Waals surface area contributed by atoms with Crippen LogP contribution in [0.15, 0.2) is 29.3 Å². The molecule has 102 valence electrons. The third-order valence-corrected chi connectivity index (χ3v) is 4.50. The largest absolute Gasteiger partial charge is 0.384 e. The summed E-state index contributed by atoms with van der Waals surface area (Å²) in [4.78, 5) is -0.0799. The molecular weight excluding hydrogens is 311 g/mol. The van der Waals surface area contributed by atoms with Crippen molar-refractivity contribution >= 4 is 39.0 Å². The maximum atomic E-state index is 12.1. The van der Waals surface area contributed by atoms with E-state index >= 15 is 0 Å². The first-order valence-electron chi connectivity index (χ1n) is 5.12. The molecule has 2 aromatic rings. The van der Waals surface area contributed by atoms with Gasteiger partial charge in [-0.25, -0.2) is 13.1 Å². The highest BCUT2D eigenvalue weighted by Crippen LogP contribution is 2.25. The van der Waals surface area contributed by atoms with E-state index in [1.54, 1.807) is 0 Å². The van der Waals surface area contributed by atoms with E-state index in [0.29, 0.717) is 11.4 Å². The molecule has 4 N–H and O–H groups in total. The molecule has 1 heterocycles. The fourth-order valence-corrected chi connectivity index (χ4v) is 3.16. The average molecular weight is 321 g/mol. The fraction of sp³-hybridized carbons (Fsp3) is 0.100. The number of benzene rings is 1. The molecule has 0 saturated heterocycles. The smallest absolute Gasteiger partial charge is 0.242 e. The van der Waals surface area contributed by atoms with Gasteiger partial charge in [-0.2, -0.15) is 5.10 Å². The zero-order valence-electron chi connectivity index (χ0n) is 9.52. The summed E-state index contributed by atoms with van der Waals surface area (Å²) in [5.41, 5.74) is 6.11. The molecule has 0 amide bonds. The maximum Gasteiger partial charge on any atom is 0.242 e. The van der Waals surface area contributed by atoms with Crippen LogP contribution in [0.1, 0.15) is 5.56 Å². The monoisotopic (exact) mass is 320 g/mol. The standard InChI is InChI=1S/C10H10Cl2N4O2S/c11-7-1-2-8(12)9(3-7)19(17,18)15-5-6-4-14-16-10(6)13/h1-4,15H,5H2,(H3,13,14,16). The lowest BCUT2D eigenvalue weighted by molar-refractivity contribution is 0.581. The lowest BCUT2D eigenvalue weighted by Crippen LogP contribution is -2.23. The van der Waals surface area contributed by atoms with Crippen molar-refractivity contribution in [2.45, 2.75) is 11.4 Å². The van der Waals surface area contributed by atoms with Gasteiger partial charge in [-0.1, -0.05) is 23.2 Å². The summed E-state index contributed by atoms with van der Waals surface area (Å²) in [6, 6.07) is 4.21. The number of anilines is 1. The van der Waals surface area contributed by atoms with E-state index in [1.807, 2.05) is 0 Å². The highest BCUT2D eigenvalue weighted by Gasteiger charge is 2.18. The zero-order valence-corrected chi connectivity index (χ0v) is 11.9. The summed E-state index contributed by atoms with van der Waals surface area (Å²) < 4.78 is 26.5. The number of rotatable bonds is 4. The Morgan fingerprint density at radius 2 is 2.11 bits per heavy atom. The molecule has 9 heteroatoms. The molecule has 0 unspecified atom stereocenters. The zero-order chi connectivity index (χ0) is 14.0. The number of nitrogens with two attached hydrogens (primary N) is 1. The van der Waals surface area contributed by atoms with Crippen LogP contribution in [-0.2, 0) is 16.6 Å². The molecule has 1 aromatic heterocycles. The Kier molecular flexibility index (Phi) is 4.00. The quantitative estimate of drug-likeness (QED) is 0.799. The summed E-state index contributed by atoms with van der Waals surface area (Å²) >= 11 is 11.6. The first-order chi connectivity index (χ1) is 8.90. The van der Waals surface area contributed by atoms with Crippen LogP contribution >= 0.6 is 23.2 Å². The fourth-order valence-electron chi connectivity index (χ4n) is 1.40. The third-order valence-electron chi connectivity index (χ3n) is 2.39. The van der Waals surface area contributed by atoms with Crippen molar-refractivity contribution in [3.05, 3.63) is 40.0 Å². The molecule has 0 aliphatic rings. The Morgan fingerprint density at radius 3 is 2.74 bits per heavy atom. The van der Waals surface area contributed by atoms with E-state index < -0.39 is 10.0 Å². The van der Waals surface area contributed by atoms with Gasteiger partial charge in [-0.3, -0.25) is 5.10 Å². The normalized spacial score (nSPS) is 11.7. The molecule has 2 rings (SSSR count). The number of sulfonamides is 1. The van der Waals surface area contributed by atoms with Crippen molar-refractivity contribution in [3.63, 3.8) is 0 Å². The second-order valence-corrected chi connectivity index (χ2v) is 6.29. The van der Waals surface area contributed by atoms with Gasteiger partial charge in [0.25, 0.3) is 0 Å². The van der Waals surface area contributed by atoms with Gasteiger partial charge >= 0.3 is 0 Å². The lowest BCUT2D eigenvalue weighted by Gasteiger charge is -2.08. The molecule has 0 atom stereocenters. The Morgan fingerprint density at radius 1 is 1.37 bits per heavy atom. The Bertz CT molecular complexity index is 699. The Balaban J connectivity index is 2.23. The van der Waals surface area contributed by atoms with E-state index in [9.17, 15) is 8.42 Å². The lowest BCUT2D eigenvalue weighted by atomic mass is 10.3. The molecular formula is C10H10Cl2N4O2S.